The third-order valence-corrected chi connectivity index (χ3v) is 2.38. The van der Waals surface area contributed by atoms with Crippen LogP contribution in [0.15, 0.2) is 30.3 Å². The summed E-state index contributed by atoms with van der Waals surface area (Å²) >= 11 is 5.98. The first-order valence-corrected chi connectivity index (χ1v) is 4.13. The van der Waals surface area contributed by atoms with Gasteiger partial charge in [0.25, 0.3) is 0 Å². The Bertz CT molecular complexity index is 333. The molecule has 1 atom stereocenters. The largest absolute Gasteiger partial charge is 0.271 e. The molecule has 1 aromatic carbocycles. The van der Waals surface area contributed by atoms with Crippen molar-refractivity contribution >= 4 is 16.6 Å². The number of halogens is 1. The maximum absolute atomic E-state index is 5.98. The van der Waals surface area contributed by atoms with E-state index in [-0.39, 0.29) is 6.04 Å². The highest BCUT2D eigenvalue weighted by Gasteiger charge is 2.19. The molecule has 0 heterocycles. The molecular formula is C9H9ClN2. The van der Waals surface area contributed by atoms with Crippen molar-refractivity contribution in [3.8, 4) is 0 Å². The van der Waals surface area contributed by atoms with Gasteiger partial charge in [0.05, 0.1) is 6.04 Å². The lowest BCUT2D eigenvalue weighted by Crippen LogP contribution is -2.25. The third kappa shape index (κ3) is 1.05. The fourth-order valence-electron chi connectivity index (χ4n) is 1.45. The van der Waals surface area contributed by atoms with Gasteiger partial charge in [0.1, 0.15) is 0 Å². The summed E-state index contributed by atoms with van der Waals surface area (Å²) in [6, 6.07) is 8.02. The first kappa shape index (κ1) is 7.80. The molecule has 0 aliphatic heterocycles. The van der Waals surface area contributed by atoms with Gasteiger partial charge < -0.3 is 0 Å². The average Bonchev–Trinajstić information content (AvgIpc) is 2.44. The van der Waals surface area contributed by atoms with Crippen molar-refractivity contribution in [1.82, 2.24) is 5.43 Å². The van der Waals surface area contributed by atoms with Gasteiger partial charge in [-0.2, -0.15) is 0 Å². The van der Waals surface area contributed by atoms with Crippen molar-refractivity contribution < 1.29 is 0 Å². The monoisotopic (exact) mass is 180 g/mol. The molecule has 1 aliphatic carbocycles. The highest BCUT2D eigenvalue weighted by molar-refractivity contribution is 6.49. The molecule has 12 heavy (non-hydrogen) atoms. The van der Waals surface area contributed by atoms with E-state index in [1.807, 2.05) is 30.3 Å². The van der Waals surface area contributed by atoms with Crippen LogP contribution in [0.3, 0.4) is 0 Å². The van der Waals surface area contributed by atoms with E-state index < -0.39 is 0 Å². The smallest absolute Gasteiger partial charge is 0.0664 e. The Morgan fingerprint density at radius 2 is 2.08 bits per heavy atom. The van der Waals surface area contributed by atoms with Gasteiger partial charge in [0, 0.05) is 5.03 Å². The molecule has 1 aromatic rings. The molecule has 0 saturated heterocycles. The summed E-state index contributed by atoms with van der Waals surface area (Å²) in [6.45, 7) is 0. The number of fused-ring (bicyclic) bond motifs is 1. The Hall–Kier alpha value is -0.830. The van der Waals surface area contributed by atoms with Crippen LogP contribution in [0.25, 0.3) is 5.03 Å². The van der Waals surface area contributed by atoms with Gasteiger partial charge in [-0.25, -0.2) is 5.43 Å². The second kappa shape index (κ2) is 2.90. The molecule has 2 rings (SSSR count). The molecule has 0 radical (unpaired) electrons. The van der Waals surface area contributed by atoms with Crippen LogP contribution < -0.4 is 11.3 Å². The first-order chi connectivity index (χ1) is 5.83. The van der Waals surface area contributed by atoms with E-state index in [9.17, 15) is 0 Å². The van der Waals surface area contributed by atoms with E-state index in [2.05, 4.69) is 5.43 Å². The van der Waals surface area contributed by atoms with Crippen molar-refractivity contribution in [2.24, 2.45) is 5.84 Å². The lowest BCUT2D eigenvalue weighted by atomic mass is 10.1. The van der Waals surface area contributed by atoms with Crippen molar-refractivity contribution in [2.75, 3.05) is 0 Å². The third-order valence-electron chi connectivity index (χ3n) is 2.05. The normalized spacial score (nSPS) is 20.5. The van der Waals surface area contributed by atoms with E-state index in [0.29, 0.717) is 0 Å². The van der Waals surface area contributed by atoms with Crippen molar-refractivity contribution in [2.45, 2.75) is 6.04 Å². The van der Waals surface area contributed by atoms with Gasteiger partial charge in [-0.15, -0.1) is 0 Å². The zero-order valence-electron chi connectivity index (χ0n) is 6.42. The van der Waals surface area contributed by atoms with Crippen LogP contribution in [0.2, 0.25) is 0 Å². The van der Waals surface area contributed by atoms with Crippen LogP contribution in [-0.2, 0) is 0 Å². The van der Waals surface area contributed by atoms with Gasteiger partial charge in [-0.05, 0) is 17.2 Å². The quantitative estimate of drug-likeness (QED) is 0.511. The molecule has 2 nitrogen and oxygen atoms in total. The Morgan fingerprint density at radius 1 is 1.33 bits per heavy atom. The molecule has 1 aliphatic rings. The molecule has 62 valence electrons. The second-order valence-electron chi connectivity index (χ2n) is 2.75. The molecule has 0 aromatic heterocycles. The number of hydrogen-bond donors (Lipinski definition) is 2. The minimum atomic E-state index is 0.0636. The Balaban J connectivity index is 2.52. The topological polar surface area (TPSA) is 38.0 Å². The number of nitrogens with one attached hydrogen (secondary N) is 1. The van der Waals surface area contributed by atoms with Crippen LogP contribution in [0, 0.1) is 0 Å². The van der Waals surface area contributed by atoms with Gasteiger partial charge in [-0.3, -0.25) is 5.84 Å². The number of nitrogens with two attached hydrogens (primary N) is 1. The van der Waals surface area contributed by atoms with Crippen LogP contribution in [0.5, 0.6) is 0 Å². The maximum atomic E-state index is 5.98. The Morgan fingerprint density at radius 3 is 2.83 bits per heavy atom. The van der Waals surface area contributed by atoms with E-state index in [1.54, 1.807) is 0 Å². The lowest BCUT2D eigenvalue weighted by molar-refractivity contribution is 0.664. The van der Waals surface area contributed by atoms with Crippen LogP contribution in [0.1, 0.15) is 17.2 Å². The molecule has 0 fully saturated rings. The zero-order chi connectivity index (χ0) is 8.55. The standard InChI is InChI=1S/C9H9ClN2/c10-8-5-9(12-11)7-4-2-1-3-6(7)8/h1-5,9,12H,11H2. The molecule has 0 amide bonds. The van der Waals surface area contributed by atoms with Gasteiger partial charge in [-0.1, -0.05) is 35.9 Å². The first-order valence-electron chi connectivity index (χ1n) is 3.75. The average molecular weight is 181 g/mol. The van der Waals surface area contributed by atoms with E-state index in [0.717, 1.165) is 16.2 Å². The minimum Gasteiger partial charge on any atom is -0.271 e. The number of benzene rings is 1. The number of rotatable bonds is 1. The predicted octanol–water partition coefficient (Wildman–Crippen LogP) is 1.78. The summed E-state index contributed by atoms with van der Waals surface area (Å²) in [5, 5.41) is 0.772. The van der Waals surface area contributed by atoms with Gasteiger partial charge in [0.2, 0.25) is 0 Å². The van der Waals surface area contributed by atoms with E-state index in [4.69, 9.17) is 17.4 Å². The van der Waals surface area contributed by atoms with Crippen LogP contribution >= 0.6 is 11.6 Å². The van der Waals surface area contributed by atoms with Crippen LogP contribution in [-0.4, -0.2) is 0 Å². The van der Waals surface area contributed by atoms with E-state index in [1.165, 1.54) is 0 Å². The molecule has 0 saturated carbocycles. The molecule has 0 bridgehead atoms. The van der Waals surface area contributed by atoms with Gasteiger partial charge >= 0.3 is 0 Å². The highest BCUT2D eigenvalue weighted by Crippen LogP contribution is 2.35. The summed E-state index contributed by atoms with van der Waals surface area (Å²) < 4.78 is 0. The molecule has 0 spiro atoms. The Labute approximate surface area is 76.0 Å². The Kier molecular flexibility index (Phi) is 1.89. The zero-order valence-corrected chi connectivity index (χ0v) is 7.18. The van der Waals surface area contributed by atoms with Gasteiger partial charge in [0.15, 0.2) is 0 Å². The lowest BCUT2D eigenvalue weighted by Gasteiger charge is -2.07. The fourth-order valence-corrected chi connectivity index (χ4v) is 1.75. The van der Waals surface area contributed by atoms with Crippen molar-refractivity contribution in [3.63, 3.8) is 0 Å². The molecule has 3 N–H and O–H groups in total. The predicted molar refractivity (Wildman–Crippen MR) is 50.3 cm³/mol. The van der Waals surface area contributed by atoms with Crippen LogP contribution in [0.4, 0.5) is 0 Å². The summed E-state index contributed by atoms with van der Waals surface area (Å²) in [6.07, 6.45) is 1.91. The summed E-state index contributed by atoms with van der Waals surface area (Å²) in [7, 11) is 0. The van der Waals surface area contributed by atoms with Crippen molar-refractivity contribution in [3.05, 3.63) is 41.5 Å². The highest BCUT2D eigenvalue weighted by atomic mass is 35.5. The second-order valence-corrected chi connectivity index (χ2v) is 3.15. The molecule has 1 unspecified atom stereocenters. The summed E-state index contributed by atoms with van der Waals surface area (Å²) in [4.78, 5) is 0. The minimum absolute atomic E-state index is 0.0636. The SMILES string of the molecule is NNC1C=C(Cl)c2ccccc21. The van der Waals surface area contributed by atoms with Crippen molar-refractivity contribution in [1.29, 1.82) is 0 Å². The maximum Gasteiger partial charge on any atom is 0.0664 e. The summed E-state index contributed by atoms with van der Waals surface area (Å²) in [5.74, 6) is 5.36. The summed E-state index contributed by atoms with van der Waals surface area (Å²) in [5.41, 5.74) is 4.90. The number of hydrazine groups is 1. The molecule has 3 heteroatoms. The van der Waals surface area contributed by atoms with E-state index >= 15 is 0 Å². The molecular weight excluding hydrogens is 172 g/mol. The number of hydrogen-bond acceptors (Lipinski definition) is 2. The fraction of sp³-hybridized carbons (Fsp3) is 0.111.